The van der Waals surface area contributed by atoms with Gasteiger partial charge in [0.2, 0.25) is 5.60 Å². The van der Waals surface area contributed by atoms with Gasteiger partial charge in [0.25, 0.3) is 15.9 Å². The van der Waals surface area contributed by atoms with Crippen molar-refractivity contribution in [3.63, 3.8) is 0 Å². The van der Waals surface area contributed by atoms with Gasteiger partial charge in [-0.25, -0.2) is 13.2 Å². The summed E-state index contributed by atoms with van der Waals surface area (Å²) in [6.07, 6.45) is -6.28. The second-order valence-corrected chi connectivity index (χ2v) is 11.0. The third kappa shape index (κ3) is 6.88. The zero-order chi connectivity index (χ0) is 29.9. The molecule has 1 aromatic carbocycles. The molecule has 2 aromatic rings. The average molecular weight is 595 g/mol. The number of rotatable bonds is 11. The number of hydrogen-bond acceptors (Lipinski definition) is 9. The number of carboxylic acid groups (broad SMARTS) is 1. The summed E-state index contributed by atoms with van der Waals surface area (Å²) in [4.78, 5) is 23.0. The van der Waals surface area contributed by atoms with Gasteiger partial charge >= 0.3 is 18.2 Å². The number of hydrogen-bond donors (Lipinski definition) is 3. The summed E-state index contributed by atoms with van der Waals surface area (Å²) in [7, 11) is -4.47. The first-order valence-corrected chi connectivity index (χ1v) is 13.5. The molecule has 1 amide bonds. The van der Waals surface area contributed by atoms with Crippen LogP contribution in [0.15, 0.2) is 29.3 Å². The van der Waals surface area contributed by atoms with Crippen LogP contribution in [-0.2, 0) is 26.1 Å². The van der Waals surface area contributed by atoms with E-state index in [1.165, 1.54) is 29.1 Å². The molecule has 1 aliphatic heterocycles. The zero-order valence-corrected chi connectivity index (χ0v) is 22.6. The van der Waals surface area contributed by atoms with Crippen LogP contribution in [0.2, 0.25) is 0 Å². The van der Waals surface area contributed by atoms with Gasteiger partial charge in [-0.3, -0.25) is 19.1 Å². The molecular formula is C23H29F3N4O9S. The third-order valence-corrected chi connectivity index (χ3v) is 7.53. The van der Waals surface area contributed by atoms with E-state index in [1.807, 2.05) is 0 Å². The Hall–Kier alpha value is -3.73. The molecule has 1 aliphatic rings. The molecule has 0 unspecified atom stereocenters. The number of carbonyl (C=O) groups is 2. The molecule has 0 spiro atoms. The molecule has 0 fully saturated rings. The van der Waals surface area contributed by atoms with Crippen molar-refractivity contribution in [3.05, 3.63) is 24.4 Å². The first-order valence-electron chi connectivity index (χ1n) is 12.0. The molecule has 222 valence electrons. The van der Waals surface area contributed by atoms with Crippen molar-refractivity contribution in [2.45, 2.75) is 62.9 Å². The summed E-state index contributed by atoms with van der Waals surface area (Å²) in [5.74, 6) is -1.38. The second-order valence-electron chi connectivity index (χ2n) is 9.14. The van der Waals surface area contributed by atoms with Crippen molar-refractivity contribution >= 4 is 33.5 Å². The van der Waals surface area contributed by atoms with Crippen LogP contribution in [-0.4, -0.2) is 78.1 Å². The number of alkyl halides is 3. The molecule has 1 aromatic heterocycles. The lowest BCUT2D eigenvalue weighted by atomic mass is 10.1. The molecule has 40 heavy (non-hydrogen) atoms. The number of ether oxygens (including phenoxy) is 3. The highest BCUT2D eigenvalue weighted by Crippen LogP contribution is 2.41. The molecule has 3 rings (SSSR count). The van der Waals surface area contributed by atoms with E-state index in [9.17, 15) is 31.2 Å². The van der Waals surface area contributed by atoms with E-state index in [4.69, 9.17) is 19.7 Å². The van der Waals surface area contributed by atoms with Crippen molar-refractivity contribution in [1.29, 1.82) is 0 Å². The smallest absolute Gasteiger partial charge is 0.427 e. The number of aliphatic hydroxyl groups is 1. The minimum atomic E-state index is -4.84. The number of nitrogens with one attached hydrogen (secondary N) is 1. The Bertz CT molecular complexity index is 1350. The molecule has 17 heteroatoms. The Morgan fingerprint density at radius 3 is 2.58 bits per heavy atom. The molecular weight excluding hydrogens is 565 g/mol. The summed E-state index contributed by atoms with van der Waals surface area (Å²) in [6.45, 7) is 2.35. The maximum absolute atomic E-state index is 13.9. The molecule has 3 N–H and O–H groups in total. The predicted octanol–water partition coefficient (Wildman–Crippen LogP) is 2.98. The fourth-order valence-corrected chi connectivity index (χ4v) is 5.15. The standard InChI is InChI=1S/C23H29F3N4O9S/c1-4-29-13-18(20(28-29)37-10-9-31)40(35,36)30-12-15(6-8-19(32)33)38-17-7-5-14(11-16(17)30)27-21(34)39-22(2,3)23(24,25)26/h5,7,11,13,15,31H,4,6,8-10,12H2,1-3H3,(H,27,34)(H,32,33)/t15-/m0/s1. The van der Waals surface area contributed by atoms with Gasteiger partial charge in [0, 0.05) is 24.8 Å². The van der Waals surface area contributed by atoms with E-state index in [1.54, 1.807) is 6.92 Å². The highest BCUT2D eigenvalue weighted by Gasteiger charge is 2.51. The molecule has 0 radical (unpaired) electrons. The zero-order valence-electron chi connectivity index (χ0n) is 21.8. The van der Waals surface area contributed by atoms with E-state index in [-0.39, 0.29) is 60.4 Å². The summed E-state index contributed by atoms with van der Waals surface area (Å²) >= 11 is 0. The Labute approximate surface area is 227 Å². The molecule has 0 saturated heterocycles. The minimum absolute atomic E-state index is 0.0143. The van der Waals surface area contributed by atoms with Gasteiger partial charge < -0.3 is 24.4 Å². The number of anilines is 2. The Morgan fingerprint density at radius 1 is 1.27 bits per heavy atom. The fourth-order valence-electron chi connectivity index (χ4n) is 3.57. The van der Waals surface area contributed by atoms with Crippen LogP contribution < -0.4 is 19.1 Å². The lowest BCUT2D eigenvalue weighted by molar-refractivity contribution is -0.242. The van der Waals surface area contributed by atoms with Gasteiger partial charge in [0.1, 0.15) is 18.5 Å². The van der Waals surface area contributed by atoms with E-state index < -0.39 is 46.6 Å². The maximum atomic E-state index is 13.9. The van der Waals surface area contributed by atoms with Gasteiger partial charge in [-0.2, -0.15) is 13.2 Å². The van der Waals surface area contributed by atoms with Crippen molar-refractivity contribution < 1.29 is 55.6 Å². The molecule has 1 atom stereocenters. The number of carbonyl (C=O) groups excluding carboxylic acids is 1. The lowest BCUT2D eigenvalue weighted by Gasteiger charge is -2.35. The fraction of sp³-hybridized carbons (Fsp3) is 0.522. The van der Waals surface area contributed by atoms with Crippen LogP contribution in [0.3, 0.4) is 0 Å². The van der Waals surface area contributed by atoms with E-state index in [0.717, 1.165) is 4.31 Å². The average Bonchev–Trinajstić information content (AvgIpc) is 3.29. The summed E-state index contributed by atoms with van der Waals surface area (Å²) in [6, 6.07) is 3.71. The molecule has 13 nitrogen and oxygen atoms in total. The topological polar surface area (TPSA) is 170 Å². The second kappa shape index (κ2) is 11.8. The largest absolute Gasteiger partial charge is 0.486 e. The van der Waals surface area contributed by atoms with E-state index >= 15 is 0 Å². The number of aliphatic hydroxyl groups excluding tert-OH is 1. The van der Waals surface area contributed by atoms with Crippen molar-refractivity contribution in [2.24, 2.45) is 0 Å². The number of nitrogens with zero attached hydrogens (tertiary/aromatic N) is 3. The highest BCUT2D eigenvalue weighted by atomic mass is 32.2. The van der Waals surface area contributed by atoms with Crippen molar-refractivity contribution in [3.8, 4) is 11.6 Å². The van der Waals surface area contributed by atoms with Crippen LogP contribution in [0.1, 0.15) is 33.6 Å². The first kappa shape index (κ1) is 30.8. The number of amides is 1. The summed E-state index contributed by atoms with van der Waals surface area (Å²) in [5.41, 5.74) is -2.99. The lowest BCUT2D eigenvalue weighted by Crippen LogP contribution is -2.44. The van der Waals surface area contributed by atoms with Crippen molar-refractivity contribution in [2.75, 3.05) is 29.4 Å². The minimum Gasteiger partial charge on any atom is -0.486 e. The van der Waals surface area contributed by atoms with Crippen LogP contribution in [0.25, 0.3) is 0 Å². The third-order valence-electron chi connectivity index (χ3n) is 5.77. The number of fused-ring (bicyclic) bond motifs is 1. The summed E-state index contributed by atoms with van der Waals surface area (Å²) < 4.78 is 85.0. The number of aromatic nitrogens is 2. The van der Waals surface area contributed by atoms with Gasteiger partial charge in [-0.05, 0) is 45.4 Å². The normalized spacial score (nSPS) is 15.7. The number of aryl methyl sites for hydroxylation is 1. The van der Waals surface area contributed by atoms with Gasteiger partial charge in [-0.1, -0.05) is 0 Å². The van der Waals surface area contributed by atoms with Gasteiger partial charge in [0.05, 0.1) is 18.8 Å². The Balaban J connectivity index is 2.01. The molecule has 0 aliphatic carbocycles. The van der Waals surface area contributed by atoms with E-state index in [2.05, 4.69) is 15.2 Å². The Morgan fingerprint density at radius 2 is 1.98 bits per heavy atom. The van der Waals surface area contributed by atoms with Gasteiger partial charge in [0.15, 0.2) is 4.90 Å². The van der Waals surface area contributed by atoms with Crippen LogP contribution in [0, 0.1) is 0 Å². The number of sulfonamides is 1. The Kier molecular flexibility index (Phi) is 9.08. The molecule has 0 bridgehead atoms. The molecule has 0 saturated carbocycles. The first-order chi connectivity index (χ1) is 18.6. The summed E-state index contributed by atoms with van der Waals surface area (Å²) in [5, 5.41) is 24.4. The quantitative estimate of drug-likeness (QED) is 0.352. The number of halogens is 3. The maximum Gasteiger partial charge on any atom is 0.427 e. The van der Waals surface area contributed by atoms with Crippen molar-refractivity contribution in [1.82, 2.24) is 9.78 Å². The SMILES string of the molecule is CCn1cc(S(=O)(=O)N2C[C@H](CCC(=O)O)Oc3ccc(NC(=O)OC(C)(C)C(F)(F)F)cc32)c(OCCO)n1. The van der Waals surface area contributed by atoms with Crippen LogP contribution >= 0.6 is 0 Å². The number of aliphatic carboxylic acids is 1. The van der Waals surface area contributed by atoms with Gasteiger partial charge in [-0.15, -0.1) is 5.10 Å². The predicted molar refractivity (Wildman–Crippen MR) is 133 cm³/mol. The van der Waals surface area contributed by atoms with E-state index in [0.29, 0.717) is 13.8 Å². The number of carboxylic acids is 1. The monoisotopic (exact) mass is 594 g/mol. The van der Waals surface area contributed by atoms with Crippen LogP contribution in [0.4, 0.5) is 29.3 Å². The highest BCUT2D eigenvalue weighted by molar-refractivity contribution is 7.93. The van der Waals surface area contributed by atoms with Crippen LogP contribution in [0.5, 0.6) is 11.6 Å². The molecule has 2 heterocycles. The number of benzene rings is 1.